The smallest absolute Gasteiger partial charge is 0.0541 e. The highest BCUT2D eigenvalue weighted by atomic mass is 15.0. The summed E-state index contributed by atoms with van der Waals surface area (Å²) in [6, 6.07) is 56.8. The maximum Gasteiger partial charge on any atom is 0.0541 e. The van der Waals surface area contributed by atoms with E-state index < -0.39 is 0 Å². The molecule has 2 heteroatoms. The second kappa shape index (κ2) is 14.2. The van der Waals surface area contributed by atoms with Gasteiger partial charge in [-0.2, -0.15) is 0 Å². The summed E-state index contributed by atoms with van der Waals surface area (Å²) in [5.74, 6) is 0.380. The van der Waals surface area contributed by atoms with Crippen molar-refractivity contribution in [2.75, 3.05) is 0 Å². The van der Waals surface area contributed by atoms with Gasteiger partial charge in [0.2, 0.25) is 0 Å². The Bertz CT molecular complexity index is 3270. The van der Waals surface area contributed by atoms with E-state index in [1.54, 1.807) is 0 Å². The molecule has 0 spiro atoms. The summed E-state index contributed by atoms with van der Waals surface area (Å²) in [6.45, 7) is 6.80. The molecule has 2 heterocycles. The summed E-state index contributed by atoms with van der Waals surface area (Å²) < 4.78 is 4.90. The summed E-state index contributed by atoms with van der Waals surface area (Å²) in [4.78, 5) is 0. The van der Waals surface area contributed by atoms with Gasteiger partial charge in [0, 0.05) is 38.8 Å². The molecule has 0 fully saturated rings. The number of benzene rings is 7. The molecule has 11 rings (SSSR count). The number of aryl methyl sites for hydroxylation is 2. The number of allylic oxidation sites excluding steroid dienone is 8. The Morgan fingerprint density at radius 3 is 1.81 bits per heavy atom. The van der Waals surface area contributed by atoms with Crippen molar-refractivity contribution >= 4 is 54.9 Å². The Balaban J connectivity index is 1.05. The Labute approximate surface area is 346 Å². The third-order valence-corrected chi connectivity index (χ3v) is 13.0. The molecule has 9 aromatic rings. The minimum absolute atomic E-state index is 0.380. The molecule has 0 saturated carbocycles. The number of fused-ring (bicyclic) bond motifs is 6. The summed E-state index contributed by atoms with van der Waals surface area (Å²) in [5, 5.41) is 5.13. The Morgan fingerprint density at radius 1 is 0.492 bits per heavy atom. The van der Waals surface area contributed by atoms with Crippen LogP contribution in [-0.4, -0.2) is 9.13 Å². The van der Waals surface area contributed by atoms with Crippen LogP contribution in [-0.2, 0) is 0 Å². The fourth-order valence-electron chi connectivity index (χ4n) is 10.1. The fourth-order valence-corrected chi connectivity index (χ4v) is 10.1. The number of rotatable bonds is 6. The third kappa shape index (κ3) is 5.93. The lowest BCUT2D eigenvalue weighted by molar-refractivity contribution is 0.795. The third-order valence-electron chi connectivity index (χ3n) is 13.0. The topological polar surface area (TPSA) is 9.86 Å². The van der Waals surface area contributed by atoms with E-state index in [4.69, 9.17) is 0 Å². The molecule has 1 unspecified atom stereocenters. The summed E-state index contributed by atoms with van der Waals surface area (Å²) in [6.07, 6.45) is 14.6. The van der Waals surface area contributed by atoms with E-state index in [0.717, 1.165) is 19.3 Å². The largest absolute Gasteiger partial charge is 0.313 e. The SMILES string of the molecule is CC1=C(c2ccc3c(c2)c2cc(-c4cc(C)cc(-c5ccc6c(c5)c5ccccc5n6C5=CC=CCC5)c4)ccc2n3-c2ccccc2)C=CCC1c1ccccc1C. The van der Waals surface area contributed by atoms with E-state index in [2.05, 4.69) is 212 Å². The molecular formula is C57H46N2. The second-order valence-electron chi connectivity index (χ2n) is 16.6. The van der Waals surface area contributed by atoms with Crippen LogP contribution in [0.2, 0.25) is 0 Å². The minimum Gasteiger partial charge on any atom is -0.313 e. The highest BCUT2D eigenvalue weighted by Crippen LogP contribution is 2.43. The number of para-hydroxylation sites is 2. The van der Waals surface area contributed by atoms with Gasteiger partial charge in [-0.25, -0.2) is 0 Å². The van der Waals surface area contributed by atoms with Crippen LogP contribution in [0.5, 0.6) is 0 Å². The molecule has 0 bridgehead atoms. The van der Waals surface area contributed by atoms with Crippen LogP contribution < -0.4 is 0 Å². The van der Waals surface area contributed by atoms with E-state index >= 15 is 0 Å². The molecule has 2 aliphatic carbocycles. The zero-order valence-electron chi connectivity index (χ0n) is 33.9. The van der Waals surface area contributed by atoms with Crippen molar-refractivity contribution in [3.8, 4) is 27.9 Å². The van der Waals surface area contributed by atoms with Crippen LogP contribution in [0, 0.1) is 13.8 Å². The van der Waals surface area contributed by atoms with Crippen molar-refractivity contribution in [2.45, 2.75) is 46.0 Å². The summed E-state index contributed by atoms with van der Waals surface area (Å²) in [5.41, 5.74) is 20.5. The van der Waals surface area contributed by atoms with Gasteiger partial charge in [-0.1, -0.05) is 121 Å². The van der Waals surface area contributed by atoms with Crippen LogP contribution in [0.3, 0.4) is 0 Å². The van der Waals surface area contributed by atoms with Gasteiger partial charge in [0.15, 0.2) is 0 Å². The van der Waals surface area contributed by atoms with E-state index in [-0.39, 0.29) is 0 Å². The molecular weight excluding hydrogens is 713 g/mol. The molecule has 59 heavy (non-hydrogen) atoms. The average Bonchev–Trinajstić information content (AvgIpc) is 3.79. The van der Waals surface area contributed by atoms with Crippen molar-refractivity contribution in [2.24, 2.45) is 0 Å². The number of nitrogens with zero attached hydrogens (tertiary/aromatic N) is 2. The van der Waals surface area contributed by atoms with Crippen LogP contribution in [0.15, 0.2) is 188 Å². The second-order valence-corrected chi connectivity index (χ2v) is 16.6. The lowest BCUT2D eigenvalue weighted by Gasteiger charge is -2.25. The van der Waals surface area contributed by atoms with Gasteiger partial charge in [-0.05, 0) is 157 Å². The van der Waals surface area contributed by atoms with Gasteiger partial charge in [0.25, 0.3) is 0 Å². The van der Waals surface area contributed by atoms with Gasteiger partial charge in [0.05, 0.1) is 22.1 Å². The first-order chi connectivity index (χ1) is 29.0. The molecule has 1 atom stereocenters. The fraction of sp³-hybridized carbons (Fsp3) is 0.123. The van der Waals surface area contributed by atoms with Crippen LogP contribution in [0.1, 0.15) is 54.4 Å². The van der Waals surface area contributed by atoms with Gasteiger partial charge >= 0.3 is 0 Å². The lowest BCUT2D eigenvalue weighted by atomic mass is 9.79. The Morgan fingerprint density at radius 2 is 1.10 bits per heavy atom. The van der Waals surface area contributed by atoms with Crippen molar-refractivity contribution in [1.82, 2.24) is 9.13 Å². The maximum atomic E-state index is 2.47. The Kier molecular flexibility index (Phi) is 8.48. The number of hydrogen-bond donors (Lipinski definition) is 0. The first kappa shape index (κ1) is 35.3. The van der Waals surface area contributed by atoms with Crippen LogP contribution in [0.25, 0.3) is 82.8 Å². The molecule has 2 aromatic heterocycles. The molecule has 0 saturated heterocycles. The average molecular weight is 759 g/mol. The van der Waals surface area contributed by atoms with Crippen molar-refractivity contribution in [3.63, 3.8) is 0 Å². The highest BCUT2D eigenvalue weighted by molar-refractivity contribution is 6.13. The molecule has 0 amide bonds. The first-order valence-corrected chi connectivity index (χ1v) is 21.1. The van der Waals surface area contributed by atoms with Gasteiger partial charge in [-0.3, -0.25) is 0 Å². The quantitative estimate of drug-likeness (QED) is 0.160. The highest BCUT2D eigenvalue weighted by Gasteiger charge is 2.22. The molecule has 2 nitrogen and oxygen atoms in total. The van der Waals surface area contributed by atoms with E-state index in [0.29, 0.717) is 5.92 Å². The molecule has 0 aliphatic heterocycles. The maximum absolute atomic E-state index is 2.47. The van der Waals surface area contributed by atoms with Crippen molar-refractivity contribution in [1.29, 1.82) is 0 Å². The van der Waals surface area contributed by atoms with Crippen LogP contribution in [0.4, 0.5) is 0 Å². The van der Waals surface area contributed by atoms with Crippen molar-refractivity contribution in [3.05, 3.63) is 210 Å². The zero-order valence-corrected chi connectivity index (χ0v) is 33.9. The number of aromatic nitrogens is 2. The summed E-state index contributed by atoms with van der Waals surface area (Å²) in [7, 11) is 0. The molecule has 7 aromatic carbocycles. The number of hydrogen-bond acceptors (Lipinski definition) is 0. The predicted molar refractivity (Wildman–Crippen MR) is 252 cm³/mol. The van der Waals surface area contributed by atoms with Crippen molar-refractivity contribution < 1.29 is 0 Å². The minimum atomic E-state index is 0.380. The summed E-state index contributed by atoms with van der Waals surface area (Å²) >= 11 is 0. The van der Waals surface area contributed by atoms with Gasteiger partial charge in [0.1, 0.15) is 0 Å². The molecule has 0 N–H and O–H groups in total. The molecule has 284 valence electrons. The zero-order chi connectivity index (χ0) is 39.6. The monoisotopic (exact) mass is 758 g/mol. The normalized spacial score (nSPS) is 15.6. The molecule has 2 aliphatic rings. The van der Waals surface area contributed by atoms with Gasteiger partial charge < -0.3 is 9.13 Å². The van der Waals surface area contributed by atoms with Crippen LogP contribution >= 0.6 is 0 Å². The lowest BCUT2D eigenvalue weighted by Crippen LogP contribution is -2.07. The van der Waals surface area contributed by atoms with E-state index in [9.17, 15) is 0 Å². The van der Waals surface area contributed by atoms with E-state index in [1.165, 1.54) is 111 Å². The predicted octanol–water partition coefficient (Wildman–Crippen LogP) is 15.6. The first-order valence-electron chi connectivity index (χ1n) is 21.1. The molecule has 0 radical (unpaired) electrons. The van der Waals surface area contributed by atoms with Gasteiger partial charge in [-0.15, -0.1) is 0 Å². The standard InChI is InChI=1S/C57H46N2/c1-37-31-43(40-25-28-55-51(34-40)50-21-12-13-24-54(50)58(55)45-16-6-4-7-17-45)33-44(32-37)41-26-29-56-52(35-41)53-36-42(27-30-57(53)59(56)46-18-8-5-9-19-46)48-22-14-23-49(39(48)3)47-20-11-10-15-38(47)2/h4-6,8-16,18-22,24-36,49H,7,17,23H2,1-3H3. The Hall–Kier alpha value is -6.90. The van der Waals surface area contributed by atoms with E-state index in [1.807, 2.05) is 0 Å².